The molecule has 0 saturated carbocycles. The van der Waals surface area contributed by atoms with Crippen molar-refractivity contribution >= 4 is 17.4 Å². The lowest BCUT2D eigenvalue weighted by Gasteiger charge is -2.00. The number of nitro groups is 1. The molecule has 6 heteroatoms. The van der Waals surface area contributed by atoms with Crippen LogP contribution in [0, 0.1) is 10.1 Å². The fourth-order valence-corrected chi connectivity index (χ4v) is 1.63. The molecule has 0 fully saturated rings. The van der Waals surface area contributed by atoms with Gasteiger partial charge < -0.3 is 10.1 Å². The Hall–Kier alpha value is -1.10. The van der Waals surface area contributed by atoms with Crippen molar-refractivity contribution in [3.63, 3.8) is 0 Å². The fraction of sp³-hybridized carbons (Fsp3) is 0.625. The molecule has 0 aliphatic carbocycles. The number of halogens is 1. The standard InChI is InChI=1S/C8H12ClN3O2/c1-3-5-11-6(4-2)10-7(9)8(11)12(13)14/h3-5H2,1-2H3. The van der Waals surface area contributed by atoms with Gasteiger partial charge in [-0.3, -0.25) is 0 Å². The Morgan fingerprint density at radius 1 is 1.57 bits per heavy atom. The van der Waals surface area contributed by atoms with Crippen LogP contribution in [-0.4, -0.2) is 14.5 Å². The van der Waals surface area contributed by atoms with E-state index in [0.29, 0.717) is 18.8 Å². The Balaban J connectivity index is 3.23. The Bertz CT molecular complexity index is 349. The first-order valence-corrected chi connectivity index (χ1v) is 4.88. The van der Waals surface area contributed by atoms with Crippen molar-refractivity contribution < 1.29 is 4.92 Å². The minimum Gasteiger partial charge on any atom is -0.358 e. The quantitative estimate of drug-likeness (QED) is 0.575. The van der Waals surface area contributed by atoms with Crippen molar-refractivity contribution in [3.8, 4) is 0 Å². The Kier molecular flexibility index (Phi) is 3.46. The summed E-state index contributed by atoms with van der Waals surface area (Å²) in [4.78, 5) is 14.2. The Morgan fingerprint density at radius 2 is 2.21 bits per heavy atom. The fourth-order valence-electron chi connectivity index (χ4n) is 1.36. The first-order valence-electron chi connectivity index (χ1n) is 4.51. The van der Waals surface area contributed by atoms with Crippen molar-refractivity contribution in [2.75, 3.05) is 0 Å². The zero-order chi connectivity index (χ0) is 10.7. The van der Waals surface area contributed by atoms with Gasteiger partial charge in [0.1, 0.15) is 0 Å². The summed E-state index contributed by atoms with van der Waals surface area (Å²) in [6.45, 7) is 4.44. The predicted octanol–water partition coefficient (Wildman–Crippen LogP) is 2.42. The topological polar surface area (TPSA) is 61.0 Å². The Labute approximate surface area is 86.9 Å². The smallest absolute Gasteiger partial charge is 0.358 e. The van der Waals surface area contributed by atoms with E-state index in [0.717, 1.165) is 6.42 Å². The molecule has 14 heavy (non-hydrogen) atoms. The molecule has 1 rings (SSSR count). The molecule has 1 heterocycles. The SMILES string of the molecule is CCCn1c(CC)nc(Cl)c1[N+](=O)[O-]. The molecule has 0 N–H and O–H groups in total. The van der Waals surface area contributed by atoms with E-state index in [1.165, 1.54) is 0 Å². The first-order chi connectivity index (χ1) is 6.61. The first kappa shape index (κ1) is 11.0. The summed E-state index contributed by atoms with van der Waals surface area (Å²) in [5.41, 5.74) is 0. The van der Waals surface area contributed by atoms with Gasteiger partial charge in [-0.2, -0.15) is 4.98 Å². The highest BCUT2D eigenvalue weighted by Gasteiger charge is 2.24. The van der Waals surface area contributed by atoms with E-state index in [2.05, 4.69) is 4.98 Å². The van der Waals surface area contributed by atoms with E-state index in [9.17, 15) is 10.1 Å². The van der Waals surface area contributed by atoms with Gasteiger partial charge >= 0.3 is 5.82 Å². The second-order valence-corrected chi connectivity index (χ2v) is 3.26. The normalized spacial score (nSPS) is 10.5. The lowest BCUT2D eigenvalue weighted by molar-refractivity contribution is -0.392. The molecule has 0 aliphatic heterocycles. The molecule has 0 aromatic carbocycles. The average Bonchev–Trinajstić information content (AvgIpc) is 2.43. The molecule has 0 spiro atoms. The third-order valence-corrected chi connectivity index (χ3v) is 2.17. The number of imidazole rings is 1. The average molecular weight is 218 g/mol. The van der Waals surface area contributed by atoms with Gasteiger partial charge in [0, 0.05) is 6.42 Å². The predicted molar refractivity (Wildman–Crippen MR) is 53.6 cm³/mol. The van der Waals surface area contributed by atoms with Crippen LogP contribution in [0.25, 0.3) is 0 Å². The van der Waals surface area contributed by atoms with Gasteiger partial charge in [0.15, 0.2) is 5.82 Å². The molecule has 0 radical (unpaired) electrons. The number of aromatic nitrogens is 2. The van der Waals surface area contributed by atoms with E-state index < -0.39 is 4.92 Å². The van der Waals surface area contributed by atoms with Crippen LogP contribution in [0.15, 0.2) is 0 Å². The number of aryl methyl sites for hydroxylation is 1. The van der Waals surface area contributed by atoms with E-state index in [4.69, 9.17) is 11.6 Å². The molecule has 0 amide bonds. The highest BCUT2D eigenvalue weighted by Crippen LogP contribution is 2.25. The second kappa shape index (κ2) is 4.41. The maximum atomic E-state index is 10.7. The monoisotopic (exact) mass is 217 g/mol. The highest BCUT2D eigenvalue weighted by molar-refractivity contribution is 6.31. The molecule has 1 aromatic rings. The molecule has 5 nitrogen and oxygen atoms in total. The third kappa shape index (κ3) is 1.87. The van der Waals surface area contributed by atoms with Crippen LogP contribution in [-0.2, 0) is 13.0 Å². The van der Waals surface area contributed by atoms with Gasteiger partial charge in [-0.15, -0.1) is 0 Å². The maximum Gasteiger partial charge on any atom is 0.362 e. The highest BCUT2D eigenvalue weighted by atomic mass is 35.5. The summed E-state index contributed by atoms with van der Waals surface area (Å²) < 4.78 is 1.57. The number of hydrogen-bond donors (Lipinski definition) is 0. The van der Waals surface area contributed by atoms with Gasteiger partial charge in [-0.05, 0) is 11.3 Å². The van der Waals surface area contributed by atoms with Crippen LogP contribution in [0.5, 0.6) is 0 Å². The van der Waals surface area contributed by atoms with Crippen LogP contribution < -0.4 is 0 Å². The molecular formula is C8H12ClN3O2. The summed E-state index contributed by atoms with van der Waals surface area (Å²) in [5, 5.41) is 10.7. The van der Waals surface area contributed by atoms with Crippen molar-refractivity contribution in [2.24, 2.45) is 0 Å². The third-order valence-electron chi connectivity index (χ3n) is 1.92. The molecule has 0 saturated heterocycles. The summed E-state index contributed by atoms with van der Waals surface area (Å²) in [6.07, 6.45) is 1.47. The summed E-state index contributed by atoms with van der Waals surface area (Å²) in [7, 11) is 0. The minimum absolute atomic E-state index is 0.0136. The van der Waals surface area contributed by atoms with Crippen LogP contribution in [0.1, 0.15) is 26.1 Å². The van der Waals surface area contributed by atoms with Gasteiger partial charge in [0.05, 0.1) is 6.54 Å². The van der Waals surface area contributed by atoms with E-state index in [1.54, 1.807) is 4.57 Å². The van der Waals surface area contributed by atoms with E-state index in [-0.39, 0.29) is 11.0 Å². The number of rotatable bonds is 4. The molecule has 1 aromatic heterocycles. The maximum absolute atomic E-state index is 10.7. The second-order valence-electron chi connectivity index (χ2n) is 2.90. The lowest BCUT2D eigenvalue weighted by Crippen LogP contribution is -2.06. The summed E-state index contributed by atoms with van der Waals surface area (Å²) in [6, 6.07) is 0. The van der Waals surface area contributed by atoms with Crippen molar-refractivity contribution in [1.82, 2.24) is 9.55 Å². The largest absolute Gasteiger partial charge is 0.362 e. The van der Waals surface area contributed by atoms with Crippen LogP contribution in [0.3, 0.4) is 0 Å². The molecule has 0 aliphatic rings. The Morgan fingerprint density at radius 3 is 2.64 bits per heavy atom. The van der Waals surface area contributed by atoms with Gasteiger partial charge in [-0.25, -0.2) is 4.57 Å². The van der Waals surface area contributed by atoms with Gasteiger partial charge in [0.25, 0.3) is 0 Å². The van der Waals surface area contributed by atoms with Crippen molar-refractivity contribution in [3.05, 3.63) is 21.1 Å². The molecule has 0 bridgehead atoms. The zero-order valence-electron chi connectivity index (χ0n) is 8.16. The van der Waals surface area contributed by atoms with Crippen LogP contribution in [0.2, 0.25) is 5.15 Å². The summed E-state index contributed by atoms with van der Waals surface area (Å²) >= 11 is 5.69. The molecule has 0 atom stereocenters. The van der Waals surface area contributed by atoms with E-state index in [1.807, 2.05) is 13.8 Å². The molecule has 78 valence electrons. The number of hydrogen-bond acceptors (Lipinski definition) is 3. The minimum atomic E-state index is -0.482. The molecular weight excluding hydrogens is 206 g/mol. The lowest BCUT2D eigenvalue weighted by atomic mass is 10.4. The van der Waals surface area contributed by atoms with Gasteiger partial charge in [0.2, 0.25) is 5.15 Å². The van der Waals surface area contributed by atoms with Gasteiger partial charge in [-0.1, -0.05) is 25.4 Å². The number of nitrogens with zero attached hydrogens (tertiary/aromatic N) is 3. The van der Waals surface area contributed by atoms with Crippen molar-refractivity contribution in [1.29, 1.82) is 0 Å². The van der Waals surface area contributed by atoms with Crippen molar-refractivity contribution in [2.45, 2.75) is 33.2 Å². The van der Waals surface area contributed by atoms with E-state index >= 15 is 0 Å². The summed E-state index contributed by atoms with van der Waals surface area (Å²) in [5.74, 6) is 0.578. The zero-order valence-corrected chi connectivity index (χ0v) is 8.91. The van der Waals surface area contributed by atoms with Crippen LogP contribution in [0.4, 0.5) is 5.82 Å². The van der Waals surface area contributed by atoms with Crippen LogP contribution >= 0.6 is 11.6 Å². The molecule has 0 unspecified atom stereocenters.